The standard InChI is InChI=1S/C14H9ClF3N3O3/c1-2-5-9(13(22)23)20-12(21-11(5)19)6-3-4-7(15)10(8(6)16)24-14(17)18/h2-4,14H,1H2,(H,22,23)(H2,19,20,21). The molecule has 3 N–H and O–H groups in total. The molecule has 0 fully saturated rings. The SMILES string of the molecule is C=Cc1c(N)nc(-c2ccc(Cl)c(OC(F)F)c2F)nc1C(=O)O. The van der Waals surface area contributed by atoms with E-state index in [2.05, 4.69) is 21.3 Å². The lowest BCUT2D eigenvalue weighted by atomic mass is 10.1. The number of carboxylic acid groups (broad SMARTS) is 1. The summed E-state index contributed by atoms with van der Waals surface area (Å²) < 4.78 is 43.1. The summed E-state index contributed by atoms with van der Waals surface area (Å²) in [4.78, 5) is 18.7. The number of halogens is 4. The topological polar surface area (TPSA) is 98.3 Å². The second kappa shape index (κ2) is 6.75. The zero-order valence-electron chi connectivity index (χ0n) is 11.8. The Morgan fingerprint density at radius 3 is 2.62 bits per heavy atom. The van der Waals surface area contributed by atoms with Gasteiger partial charge in [0, 0.05) is 5.56 Å². The van der Waals surface area contributed by atoms with Gasteiger partial charge >= 0.3 is 12.6 Å². The fourth-order valence-electron chi connectivity index (χ4n) is 1.87. The number of benzene rings is 1. The van der Waals surface area contributed by atoms with Crippen LogP contribution < -0.4 is 10.5 Å². The lowest BCUT2D eigenvalue weighted by molar-refractivity contribution is -0.0520. The van der Waals surface area contributed by atoms with Crippen molar-refractivity contribution in [2.75, 3.05) is 5.73 Å². The number of aromatic nitrogens is 2. The summed E-state index contributed by atoms with van der Waals surface area (Å²) in [6.07, 6.45) is 1.13. The Bertz CT molecular complexity index is 831. The van der Waals surface area contributed by atoms with Gasteiger partial charge in [-0.15, -0.1) is 0 Å². The Morgan fingerprint density at radius 2 is 2.08 bits per heavy atom. The average molecular weight is 360 g/mol. The predicted octanol–water partition coefficient (Wildman–Crippen LogP) is 3.46. The van der Waals surface area contributed by atoms with Crippen molar-refractivity contribution in [1.29, 1.82) is 0 Å². The molecular weight excluding hydrogens is 351 g/mol. The lowest BCUT2D eigenvalue weighted by Gasteiger charge is -2.12. The molecular formula is C14H9ClF3N3O3. The van der Waals surface area contributed by atoms with E-state index in [-0.39, 0.29) is 11.4 Å². The van der Waals surface area contributed by atoms with Crippen LogP contribution in [0.25, 0.3) is 17.5 Å². The van der Waals surface area contributed by atoms with Crippen molar-refractivity contribution in [2.24, 2.45) is 0 Å². The molecule has 0 amide bonds. The van der Waals surface area contributed by atoms with Crippen molar-refractivity contribution in [3.63, 3.8) is 0 Å². The zero-order valence-corrected chi connectivity index (χ0v) is 12.5. The van der Waals surface area contributed by atoms with E-state index in [1.54, 1.807) is 0 Å². The van der Waals surface area contributed by atoms with Crippen LogP contribution in [-0.2, 0) is 0 Å². The average Bonchev–Trinajstić information content (AvgIpc) is 2.50. The molecule has 0 saturated carbocycles. The summed E-state index contributed by atoms with van der Waals surface area (Å²) in [6.45, 7) is 0.0857. The maximum Gasteiger partial charge on any atom is 0.387 e. The summed E-state index contributed by atoms with van der Waals surface area (Å²) in [5, 5.41) is 8.75. The van der Waals surface area contributed by atoms with E-state index in [0.717, 1.165) is 18.2 Å². The summed E-state index contributed by atoms with van der Waals surface area (Å²) in [5.41, 5.74) is 4.65. The molecule has 0 bridgehead atoms. The lowest BCUT2D eigenvalue weighted by Crippen LogP contribution is -2.11. The Balaban J connectivity index is 2.69. The number of carbonyl (C=O) groups is 1. The molecule has 0 aliphatic rings. The normalized spacial score (nSPS) is 10.7. The van der Waals surface area contributed by atoms with E-state index in [4.69, 9.17) is 22.4 Å². The quantitative estimate of drug-likeness (QED) is 0.848. The third kappa shape index (κ3) is 3.25. The largest absolute Gasteiger partial charge is 0.476 e. The molecule has 0 aliphatic heterocycles. The molecule has 2 rings (SSSR count). The van der Waals surface area contributed by atoms with Gasteiger partial charge in [-0.05, 0) is 12.1 Å². The third-order valence-corrected chi connectivity index (χ3v) is 3.18. The summed E-state index contributed by atoms with van der Waals surface area (Å²) in [7, 11) is 0. The number of nitrogens with two attached hydrogens (primary N) is 1. The number of carboxylic acids is 1. The van der Waals surface area contributed by atoms with Crippen LogP contribution in [0, 0.1) is 5.82 Å². The Hall–Kier alpha value is -2.81. The van der Waals surface area contributed by atoms with Crippen LogP contribution in [-0.4, -0.2) is 27.7 Å². The monoisotopic (exact) mass is 359 g/mol. The minimum atomic E-state index is -3.31. The van der Waals surface area contributed by atoms with Gasteiger partial charge < -0.3 is 15.6 Å². The molecule has 0 radical (unpaired) electrons. The van der Waals surface area contributed by atoms with Crippen LogP contribution in [0.2, 0.25) is 5.02 Å². The molecule has 2 aromatic rings. The van der Waals surface area contributed by atoms with Gasteiger partial charge in [0.1, 0.15) is 5.82 Å². The predicted molar refractivity (Wildman–Crippen MR) is 80.5 cm³/mol. The van der Waals surface area contributed by atoms with Gasteiger partial charge in [0.05, 0.1) is 10.6 Å². The number of ether oxygens (including phenoxy) is 1. The number of hydrogen-bond acceptors (Lipinski definition) is 5. The summed E-state index contributed by atoms with van der Waals surface area (Å²) in [6, 6.07) is 2.17. The molecule has 24 heavy (non-hydrogen) atoms. The number of aromatic carboxylic acids is 1. The molecule has 1 aromatic carbocycles. The highest BCUT2D eigenvalue weighted by Gasteiger charge is 2.23. The fourth-order valence-corrected chi connectivity index (χ4v) is 2.06. The van der Waals surface area contributed by atoms with E-state index in [0.29, 0.717) is 0 Å². The van der Waals surface area contributed by atoms with Crippen LogP contribution in [0.5, 0.6) is 5.75 Å². The Morgan fingerprint density at radius 1 is 1.42 bits per heavy atom. The van der Waals surface area contributed by atoms with Crippen molar-refractivity contribution in [3.8, 4) is 17.1 Å². The number of nitrogens with zero attached hydrogens (tertiary/aromatic N) is 2. The summed E-state index contributed by atoms with van der Waals surface area (Å²) in [5.74, 6) is -4.32. The molecule has 1 heterocycles. The number of nitrogen functional groups attached to an aromatic ring is 1. The number of rotatable bonds is 5. The second-order valence-electron chi connectivity index (χ2n) is 4.32. The molecule has 0 spiro atoms. The van der Waals surface area contributed by atoms with Crippen LogP contribution >= 0.6 is 11.6 Å². The number of anilines is 1. The highest BCUT2D eigenvalue weighted by molar-refractivity contribution is 6.32. The van der Waals surface area contributed by atoms with E-state index in [1.807, 2.05) is 0 Å². The Kier molecular flexibility index (Phi) is 4.93. The molecule has 10 heteroatoms. The van der Waals surface area contributed by atoms with Crippen molar-refractivity contribution in [2.45, 2.75) is 6.61 Å². The molecule has 126 valence electrons. The molecule has 0 aliphatic carbocycles. The van der Waals surface area contributed by atoms with Crippen molar-refractivity contribution in [1.82, 2.24) is 9.97 Å². The van der Waals surface area contributed by atoms with Gasteiger partial charge in [0.25, 0.3) is 0 Å². The van der Waals surface area contributed by atoms with Crippen LogP contribution in [0.1, 0.15) is 16.1 Å². The van der Waals surface area contributed by atoms with E-state index >= 15 is 0 Å². The molecule has 0 saturated heterocycles. The molecule has 0 atom stereocenters. The van der Waals surface area contributed by atoms with Crippen molar-refractivity contribution < 1.29 is 27.8 Å². The maximum absolute atomic E-state index is 14.4. The minimum absolute atomic E-state index is 0.0512. The first-order valence-corrected chi connectivity index (χ1v) is 6.60. The minimum Gasteiger partial charge on any atom is -0.476 e. The first-order chi connectivity index (χ1) is 11.3. The van der Waals surface area contributed by atoms with E-state index in [1.165, 1.54) is 0 Å². The molecule has 0 unspecified atom stereocenters. The zero-order chi connectivity index (χ0) is 18.0. The number of hydrogen-bond donors (Lipinski definition) is 2. The number of alkyl halides is 2. The van der Waals surface area contributed by atoms with Gasteiger partial charge in [0.2, 0.25) is 0 Å². The molecule has 6 nitrogen and oxygen atoms in total. The first kappa shape index (κ1) is 17.5. The molecule has 1 aromatic heterocycles. The van der Waals surface area contributed by atoms with Gasteiger partial charge in [0.15, 0.2) is 23.1 Å². The van der Waals surface area contributed by atoms with Crippen LogP contribution in [0.4, 0.5) is 19.0 Å². The highest BCUT2D eigenvalue weighted by atomic mass is 35.5. The smallest absolute Gasteiger partial charge is 0.387 e. The maximum atomic E-state index is 14.4. The first-order valence-electron chi connectivity index (χ1n) is 6.22. The summed E-state index contributed by atoms with van der Waals surface area (Å²) >= 11 is 5.62. The van der Waals surface area contributed by atoms with Gasteiger partial charge in [-0.3, -0.25) is 0 Å². The van der Waals surface area contributed by atoms with Gasteiger partial charge in [-0.1, -0.05) is 24.3 Å². The Labute approximate surface area is 138 Å². The fraction of sp³-hybridized carbons (Fsp3) is 0.0714. The van der Waals surface area contributed by atoms with Crippen molar-refractivity contribution >= 4 is 29.5 Å². The van der Waals surface area contributed by atoms with E-state index < -0.39 is 46.3 Å². The van der Waals surface area contributed by atoms with E-state index in [9.17, 15) is 18.0 Å². The van der Waals surface area contributed by atoms with Crippen LogP contribution in [0.3, 0.4) is 0 Å². The third-order valence-electron chi connectivity index (χ3n) is 2.88. The van der Waals surface area contributed by atoms with Crippen LogP contribution in [0.15, 0.2) is 18.7 Å². The second-order valence-corrected chi connectivity index (χ2v) is 4.73. The van der Waals surface area contributed by atoms with Gasteiger partial charge in [-0.2, -0.15) is 8.78 Å². The van der Waals surface area contributed by atoms with Gasteiger partial charge in [-0.25, -0.2) is 19.2 Å². The highest BCUT2D eigenvalue weighted by Crippen LogP contribution is 2.35. The van der Waals surface area contributed by atoms with Crippen molar-refractivity contribution in [3.05, 3.63) is 40.8 Å².